The second-order valence-corrected chi connectivity index (χ2v) is 7.15. The molecule has 3 rings (SSSR count). The quantitative estimate of drug-likeness (QED) is 0.473. The van der Waals surface area contributed by atoms with Crippen LogP contribution in [-0.4, -0.2) is 54.1 Å². The van der Waals surface area contributed by atoms with Crippen LogP contribution in [0, 0.1) is 0 Å². The molecule has 0 aliphatic carbocycles. The average molecular weight is 450 g/mol. The number of hydrogen-bond donors (Lipinski definition) is 2. The van der Waals surface area contributed by atoms with Crippen molar-refractivity contribution in [3.8, 4) is 28.7 Å². The summed E-state index contributed by atoms with van der Waals surface area (Å²) in [7, 11) is 6.50. The van der Waals surface area contributed by atoms with Crippen molar-refractivity contribution >= 4 is 17.6 Å². The van der Waals surface area contributed by atoms with Crippen molar-refractivity contribution in [1.29, 1.82) is 0 Å². The Morgan fingerprint density at radius 3 is 2.32 bits per heavy atom. The molecule has 9 heteroatoms. The van der Waals surface area contributed by atoms with Crippen molar-refractivity contribution in [2.75, 3.05) is 48.1 Å². The Kier molecular flexibility index (Phi) is 7.94. The molecular weight excluding hydrogens is 422 g/mol. The maximum Gasteiger partial charge on any atom is 0.203 e. The van der Waals surface area contributed by atoms with E-state index in [2.05, 4.69) is 15.6 Å². The van der Waals surface area contributed by atoms with E-state index in [1.807, 2.05) is 24.3 Å². The molecule has 0 fully saturated rings. The second kappa shape index (κ2) is 10.9. The van der Waals surface area contributed by atoms with Crippen LogP contribution in [0.2, 0.25) is 5.02 Å². The highest BCUT2D eigenvalue weighted by Crippen LogP contribution is 2.39. The molecule has 1 aliphatic rings. The first-order valence-electron chi connectivity index (χ1n) is 9.91. The Hall–Kier alpha value is -3.00. The number of nitrogens with zero attached hydrogens (tertiary/aromatic N) is 1. The van der Waals surface area contributed by atoms with Crippen LogP contribution in [0.25, 0.3) is 0 Å². The van der Waals surface area contributed by atoms with Gasteiger partial charge in [-0.3, -0.25) is 4.99 Å². The van der Waals surface area contributed by atoms with Gasteiger partial charge in [-0.25, -0.2) is 0 Å². The van der Waals surface area contributed by atoms with E-state index in [0.29, 0.717) is 66.0 Å². The van der Waals surface area contributed by atoms with Crippen molar-refractivity contribution in [1.82, 2.24) is 10.6 Å². The third kappa shape index (κ3) is 5.58. The SMILES string of the molecule is CN=C(NCCc1cc(Cl)c2c(c1)OCCO2)NCc1cc(OC)c(OC)c(OC)c1. The Morgan fingerprint density at radius 2 is 1.68 bits per heavy atom. The van der Waals surface area contributed by atoms with Crippen LogP contribution in [-0.2, 0) is 13.0 Å². The van der Waals surface area contributed by atoms with Crippen molar-refractivity contribution < 1.29 is 23.7 Å². The zero-order valence-corrected chi connectivity index (χ0v) is 19.0. The summed E-state index contributed by atoms with van der Waals surface area (Å²) in [6.07, 6.45) is 0.751. The third-order valence-electron chi connectivity index (χ3n) is 4.77. The topological polar surface area (TPSA) is 82.6 Å². The highest BCUT2D eigenvalue weighted by atomic mass is 35.5. The monoisotopic (exact) mass is 449 g/mol. The van der Waals surface area contributed by atoms with Crippen LogP contribution in [0.3, 0.4) is 0 Å². The lowest BCUT2D eigenvalue weighted by Gasteiger charge is -2.20. The Balaban J connectivity index is 1.56. The van der Waals surface area contributed by atoms with E-state index in [-0.39, 0.29) is 0 Å². The number of nitrogens with one attached hydrogen (secondary N) is 2. The predicted octanol–water partition coefficient (Wildman–Crippen LogP) is 3.04. The molecule has 31 heavy (non-hydrogen) atoms. The van der Waals surface area contributed by atoms with Gasteiger partial charge in [0.05, 0.1) is 26.4 Å². The van der Waals surface area contributed by atoms with Gasteiger partial charge in [-0.2, -0.15) is 0 Å². The lowest BCUT2D eigenvalue weighted by atomic mass is 10.1. The molecule has 0 bridgehead atoms. The Morgan fingerprint density at radius 1 is 0.968 bits per heavy atom. The molecular formula is C22H28ClN3O5. The van der Waals surface area contributed by atoms with Gasteiger partial charge >= 0.3 is 0 Å². The van der Waals surface area contributed by atoms with Crippen LogP contribution in [0.4, 0.5) is 0 Å². The molecule has 168 valence electrons. The number of hydrogen-bond acceptors (Lipinski definition) is 6. The van der Waals surface area contributed by atoms with Crippen molar-refractivity contribution in [2.24, 2.45) is 4.99 Å². The Labute approximate surface area is 187 Å². The summed E-state index contributed by atoms with van der Waals surface area (Å²) < 4.78 is 27.4. The van der Waals surface area contributed by atoms with E-state index in [1.54, 1.807) is 28.4 Å². The van der Waals surface area contributed by atoms with Crippen molar-refractivity contribution in [3.05, 3.63) is 40.4 Å². The van der Waals surface area contributed by atoms with Crippen LogP contribution in [0.15, 0.2) is 29.3 Å². The summed E-state index contributed by atoms with van der Waals surface area (Å²) in [5.74, 6) is 3.77. The first-order valence-corrected chi connectivity index (χ1v) is 10.3. The van der Waals surface area contributed by atoms with Gasteiger partial charge in [-0.1, -0.05) is 11.6 Å². The first kappa shape index (κ1) is 22.7. The van der Waals surface area contributed by atoms with Gasteiger partial charge in [0.2, 0.25) is 5.75 Å². The fourth-order valence-corrected chi connectivity index (χ4v) is 3.57. The molecule has 1 heterocycles. The number of methoxy groups -OCH3 is 3. The molecule has 0 atom stereocenters. The van der Waals surface area contributed by atoms with Crippen LogP contribution in [0.5, 0.6) is 28.7 Å². The van der Waals surface area contributed by atoms with E-state index in [4.69, 9.17) is 35.3 Å². The number of rotatable bonds is 8. The minimum Gasteiger partial charge on any atom is -0.493 e. The first-order chi connectivity index (χ1) is 15.1. The third-order valence-corrected chi connectivity index (χ3v) is 5.05. The number of fused-ring (bicyclic) bond motifs is 1. The molecule has 0 amide bonds. The number of benzene rings is 2. The number of halogens is 1. The zero-order chi connectivity index (χ0) is 22.2. The summed E-state index contributed by atoms with van der Waals surface area (Å²) in [5, 5.41) is 7.16. The fraction of sp³-hybridized carbons (Fsp3) is 0.409. The van der Waals surface area contributed by atoms with Gasteiger partial charge < -0.3 is 34.3 Å². The standard InChI is InChI=1S/C22H28ClN3O5/c1-24-22(26-13-15-11-17(27-2)21(29-4)18(12-15)28-3)25-6-5-14-9-16(23)20-19(10-14)30-7-8-31-20/h9-12H,5-8,13H2,1-4H3,(H2,24,25,26). The van der Waals surface area contributed by atoms with E-state index in [9.17, 15) is 0 Å². The largest absolute Gasteiger partial charge is 0.493 e. The molecule has 0 radical (unpaired) electrons. The van der Waals surface area contributed by atoms with Crippen molar-refractivity contribution in [2.45, 2.75) is 13.0 Å². The van der Waals surface area contributed by atoms with Crippen molar-refractivity contribution in [3.63, 3.8) is 0 Å². The highest BCUT2D eigenvalue weighted by molar-refractivity contribution is 6.32. The summed E-state index contributed by atoms with van der Waals surface area (Å²) in [6, 6.07) is 7.68. The van der Waals surface area contributed by atoms with Gasteiger partial charge in [-0.15, -0.1) is 0 Å². The summed E-state index contributed by atoms with van der Waals surface area (Å²) >= 11 is 6.31. The van der Waals surface area contributed by atoms with Crippen LogP contribution in [0.1, 0.15) is 11.1 Å². The molecule has 2 N–H and O–H groups in total. The number of guanidine groups is 1. The van der Waals surface area contributed by atoms with E-state index in [0.717, 1.165) is 17.5 Å². The van der Waals surface area contributed by atoms with E-state index in [1.165, 1.54) is 0 Å². The maximum atomic E-state index is 6.31. The van der Waals surface area contributed by atoms with Crippen LogP contribution >= 0.6 is 11.6 Å². The maximum absolute atomic E-state index is 6.31. The second-order valence-electron chi connectivity index (χ2n) is 6.74. The lowest BCUT2D eigenvalue weighted by Crippen LogP contribution is -2.37. The fourth-order valence-electron chi connectivity index (χ4n) is 3.28. The molecule has 0 saturated carbocycles. The summed E-state index contributed by atoms with van der Waals surface area (Å²) in [4.78, 5) is 4.28. The molecule has 0 aromatic heterocycles. The molecule has 2 aromatic rings. The molecule has 2 aromatic carbocycles. The summed E-state index contributed by atoms with van der Waals surface area (Å²) in [5.41, 5.74) is 2.03. The number of ether oxygens (including phenoxy) is 5. The van der Waals surface area contributed by atoms with Gasteiger partial charge in [0.1, 0.15) is 13.2 Å². The van der Waals surface area contributed by atoms with Gasteiger partial charge in [0.25, 0.3) is 0 Å². The molecule has 0 spiro atoms. The van der Waals surface area contributed by atoms with E-state index >= 15 is 0 Å². The average Bonchev–Trinajstić information content (AvgIpc) is 2.80. The molecule has 1 aliphatic heterocycles. The normalized spacial score (nSPS) is 12.9. The van der Waals surface area contributed by atoms with Gasteiger partial charge in [0, 0.05) is 20.1 Å². The number of aliphatic imine (C=N–C) groups is 1. The van der Waals surface area contributed by atoms with Gasteiger partial charge in [0.15, 0.2) is 29.0 Å². The molecule has 0 unspecified atom stereocenters. The molecule has 0 saturated heterocycles. The zero-order valence-electron chi connectivity index (χ0n) is 18.2. The smallest absolute Gasteiger partial charge is 0.203 e. The predicted molar refractivity (Wildman–Crippen MR) is 120 cm³/mol. The van der Waals surface area contributed by atoms with Crippen LogP contribution < -0.4 is 34.3 Å². The Bertz CT molecular complexity index is 911. The summed E-state index contributed by atoms with van der Waals surface area (Å²) in [6.45, 7) is 2.25. The lowest BCUT2D eigenvalue weighted by molar-refractivity contribution is 0.171. The molecule has 8 nitrogen and oxygen atoms in total. The van der Waals surface area contributed by atoms with Gasteiger partial charge in [-0.05, 0) is 41.8 Å². The minimum atomic E-state index is 0.515. The minimum absolute atomic E-state index is 0.515. The highest BCUT2D eigenvalue weighted by Gasteiger charge is 2.17. The van der Waals surface area contributed by atoms with E-state index < -0.39 is 0 Å².